The third kappa shape index (κ3) is 8.56. The Morgan fingerprint density at radius 3 is 2.39 bits per heavy atom. The van der Waals surface area contributed by atoms with Gasteiger partial charge >= 0.3 is 6.09 Å². The van der Waals surface area contributed by atoms with E-state index in [1.165, 1.54) is 7.11 Å². The number of hydrogen-bond donors (Lipinski definition) is 2. The van der Waals surface area contributed by atoms with Gasteiger partial charge in [-0.05, 0) is 107 Å². The summed E-state index contributed by atoms with van der Waals surface area (Å²) in [7, 11) is 1.41. The van der Waals surface area contributed by atoms with Crippen molar-refractivity contribution in [3.63, 3.8) is 0 Å². The van der Waals surface area contributed by atoms with E-state index in [-0.39, 0.29) is 50.5 Å². The molecule has 0 aromatic heterocycles. The number of allylic oxidation sites excluding steroid dienone is 1. The first-order chi connectivity index (χ1) is 30.4. The Morgan fingerprint density at radius 1 is 0.887 bits per heavy atom. The molecule has 0 spiro atoms. The van der Waals surface area contributed by atoms with Crippen molar-refractivity contribution >= 4 is 33.3 Å². The fourth-order valence-corrected chi connectivity index (χ4v) is 10.3. The monoisotopic (exact) mass is 838 g/mol. The number of carbonyl (C=O) groups excluding carboxylic acids is 1. The number of nitrogens with zero attached hydrogens (tertiary/aromatic N) is 2. The molecule has 3 aliphatic rings. The molecule has 8 rings (SSSR count). The number of aliphatic hydroxyl groups is 2. The summed E-state index contributed by atoms with van der Waals surface area (Å²) in [6.45, 7) is 6.92. The summed E-state index contributed by atoms with van der Waals surface area (Å²) in [5.41, 5.74) is 3.63. The van der Waals surface area contributed by atoms with E-state index in [1.54, 1.807) is 11.0 Å². The number of oxime groups is 1. The van der Waals surface area contributed by atoms with E-state index in [0.29, 0.717) is 30.9 Å². The first-order valence-corrected chi connectivity index (χ1v) is 22.1. The van der Waals surface area contributed by atoms with Gasteiger partial charge in [-0.1, -0.05) is 103 Å². The summed E-state index contributed by atoms with van der Waals surface area (Å²) in [5.74, 6) is 0.121. The highest BCUT2D eigenvalue weighted by Crippen LogP contribution is 2.62. The van der Waals surface area contributed by atoms with Crippen LogP contribution < -0.4 is 9.47 Å². The quantitative estimate of drug-likeness (QED) is 0.0509. The van der Waals surface area contributed by atoms with Crippen molar-refractivity contribution in [2.45, 2.75) is 76.2 Å². The predicted molar refractivity (Wildman–Crippen MR) is 243 cm³/mol. The molecule has 0 saturated heterocycles. The lowest BCUT2D eigenvalue weighted by Gasteiger charge is -2.59. The van der Waals surface area contributed by atoms with Crippen LogP contribution >= 0.6 is 0 Å². The van der Waals surface area contributed by atoms with Gasteiger partial charge in [0.2, 0.25) is 5.79 Å². The van der Waals surface area contributed by atoms with Crippen LogP contribution in [0.5, 0.6) is 17.2 Å². The summed E-state index contributed by atoms with van der Waals surface area (Å²) in [5, 5.41) is 29.1. The van der Waals surface area contributed by atoms with Gasteiger partial charge in [0.15, 0.2) is 0 Å². The minimum atomic E-state index is -1.42. The number of methoxy groups -OCH3 is 1. The van der Waals surface area contributed by atoms with Gasteiger partial charge in [0.1, 0.15) is 29.9 Å². The van der Waals surface area contributed by atoms with Crippen molar-refractivity contribution in [1.82, 2.24) is 4.90 Å². The molecule has 0 bridgehead atoms. The highest BCUT2D eigenvalue weighted by Gasteiger charge is 2.65. The Balaban J connectivity index is 1.33. The molecule has 6 atom stereocenters. The smallest absolute Gasteiger partial charge is 0.410 e. The second kappa shape index (κ2) is 19.6. The molecule has 1 heterocycles. The zero-order valence-corrected chi connectivity index (χ0v) is 35.8. The van der Waals surface area contributed by atoms with Crippen molar-refractivity contribution in [3.05, 3.63) is 139 Å². The topological polar surface area (TPSA) is 119 Å². The average Bonchev–Trinajstić information content (AvgIpc) is 3.30. The van der Waals surface area contributed by atoms with Crippen LogP contribution in [0.2, 0.25) is 0 Å². The molecule has 10 heteroatoms. The van der Waals surface area contributed by atoms with E-state index in [0.717, 1.165) is 75.4 Å². The van der Waals surface area contributed by atoms with Crippen LogP contribution in [0.4, 0.5) is 4.79 Å². The highest BCUT2D eigenvalue weighted by atomic mass is 16.7. The fraction of sp³-hybridized carbons (Fsp3) is 0.385. The Kier molecular flexibility index (Phi) is 13.6. The molecular weight excluding hydrogens is 781 g/mol. The van der Waals surface area contributed by atoms with Crippen LogP contribution in [0.3, 0.4) is 0 Å². The number of ether oxygens (including phenoxy) is 4. The fourth-order valence-electron chi connectivity index (χ4n) is 10.3. The first-order valence-electron chi connectivity index (χ1n) is 22.1. The minimum Gasteiger partial charge on any atom is -0.459 e. The van der Waals surface area contributed by atoms with Crippen LogP contribution in [0.25, 0.3) is 21.5 Å². The number of amides is 1. The van der Waals surface area contributed by atoms with Gasteiger partial charge in [0.25, 0.3) is 0 Å². The van der Waals surface area contributed by atoms with Crippen molar-refractivity contribution in [3.8, 4) is 17.2 Å². The molecule has 1 amide bonds. The Labute approximate surface area is 364 Å². The number of benzene rings is 5. The molecule has 2 aliphatic carbocycles. The summed E-state index contributed by atoms with van der Waals surface area (Å²) in [6, 6.07) is 33.9. The lowest BCUT2D eigenvalue weighted by molar-refractivity contribution is -0.256. The zero-order valence-electron chi connectivity index (χ0n) is 35.8. The van der Waals surface area contributed by atoms with Crippen LogP contribution in [-0.4, -0.2) is 72.3 Å². The molecule has 0 radical (unpaired) electrons. The summed E-state index contributed by atoms with van der Waals surface area (Å²) in [4.78, 5) is 22.1. The maximum Gasteiger partial charge on any atom is 0.410 e. The van der Waals surface area contributed by atoms with Crippen LogP contribution in [-0.2, 0) is 20.9 Å². The summed E-state index contributed by atoms with van der Waals surface area (Å²) in [6.07, 6.45) is 8.50. The first kappa shape index (κ1) is 43.0. The van der Waals surface area contributed by atoms with Gasteiger partial charge < -0.3 is 34.0 Å². The SMILES string of the molecule is C=CCO[C@@]12Oc3ccc(Oc4ccc5ccccc5c4)cc3[C@H]3[C@H](CCCCO)[C@@H](CCCCO)C=C(C(=NOCC)C[C@@H]1N(Cc1cccc4ccccc14)C(=O)OC)[C@H]32. The predicted octanol–water partition coefficient (Wildman–Crippen LogP) is 10.7. The van der Waals surface area contributed by atoms with Gasteiger partial charge in [-0.25, -0.2) is 4.79 Å². The Morgan fingerprint density at radius 2 is 1.61 bits per heavy atom. The van der Waals surface area contributed by atoms with Crippen molar-refractivity contribution in [2.24, 2.45) is 22.9 Å². The number of unbranched alkanes of at least 4 members (excludes halogenated alkanes) is 2. The normalized spacial score (nSPS) is 23.2. The molecule has 5 aromatic rings. The molecule has 2 N–H and O–H groups in total. The molecule has 1 fully saturated rings. The second-order valence-electron chi connectivity index (χ2n) is 16.5. The Bertz CT molecular complexity index is 2420. The molecule has 10 nitrogen and oxygen atoms in total. The maximum absolute atomic E-state index is 14.4. The van der Waals surface area contributed by atoms with Gasteiger partial charge in [-0.3, -0.25) is 4.90 Å². The number of rotatable bonds is 18. The van der Waals surface area contributed by atoms with Gasteiger partial charge in [0.05, 0.1) is 31.9 Å². The number of fused-ring (bicyclic) bond motifs is 4. The lowest BCUT2D eigenvalue weighted by atomic mass is 9.55. The average molecular weight is 839 g/mol. The number of hydrogen-bond acceptors (Lipinski definition) is 9. The number of aliphatic hydroxyl groups excluding tert-OH is 2. The third-order valence-corrected chi connectivity index (χ3v) is 12.9. The van der Waals surface area contributed by atoms with Crippen molar-refractivity contribution in [2.75, 3.05) is 33.5 Å². The van der Waals surface area contributed by atoms with Crippen molar-refractivity contribution in [1.29, 1.82) is 0 Å². The largest absolute Gasteiger partial charge is 0.459 e. The molecule has 62 heavy (non-hydrogen) atoms. The second-order valence-corrected chi connectivity index (χ2v) is 16.5. The molecule has 0 unspecified atom stereocenters. The van der Waals surface area contributed by atoms with E-state index in [2.05, 4.69) is 61.2 Å². The summed E-state index contributed by atoms with van der Waals surface area (Å²) < 4.78 is 26.8. The van der Waals surface area contributed by atoms with Gasteiger partial charge in [-0.15, -0.1) is 6.58 Å². The van der Waals surface area contributed by atoms with E-state index in [9.17, 15) is 15.0 Å². The van der Waals surface area contributed by atoms with Crippen LogP contribution in [0.1, 0.15) is 68.9 Å². The zero-order chi connectivity index (χ0) is 43.1. The van der Waals surface area contributed by atoms with E-state index in [4.69, 9.17) is 28.9 Å². The van der Waals surface area contributed by atoms with E-state index in [1.807, 2.05) is 61.5 Å². The minimum absolute atomic E-state index is 0.0657. The highest BCUT2D eigenvalue weighted by molar-refractivity contribution is 6.03. The molecule has 1 aliphatic heterocycles. The number of carbonyl (C=O) groups is 1. The molecular formula is C52H58N2O8. The van der Waals surface area contributed by atoms with Gasteiger partial charge in [0, 0.05) is 31.1 Å². The maximum atomic E-state index is 14.4. The van der Waals surface area contributed by atoms with Crippen LogP contribution in [0.15, 0.2) is 133 Å². The van der Waals surface area contributed by atoms with Crippen molar-refractivity contribution < 1.29 is 38.8 Å². The lowest BCUT2D eigenvalue weighted by Crippen LogP contribution is -2.70. The van der Waals surface area contributed by atoms with Crippen LogP contribution in [0, 0.1) is 17.8 Å². The molecule has 324 valence electrons. The molecule has 1 saturated carbocycles. The Hall–Kier alpha value is -5.68. The van der Waals surface area contributed by atoms with E-state index < -0.39 is 23.8 Å². The third-order valence-electron chi connectivity index (χ3n) is 12.9. The van der Waals surface area contributed by atoms with E-state index >= 15 is 0 Å². The van der Waals surface area contributed by atoms with Gasteiger partial charge in [-0.2, -0.15) is 0 Å². The molecule has 5 aromatic carbocycles. The standard InChI is InChI=1S/C52H58N2O8/c1-4-29-59-52-48(54(51(57)58-3)34-39-20-14-19-36-16-8-9-21-42(36)39)33-46(53-60-5-2)44-31-38(18-10-12-27-55)43(22-11-13-28-56)49(50(44)52)45-32-41(25-26-47(45)62-52)61-40-24-23-35-15-6-7-17-37(35)30-40/h4,6-9,14-17,19-21,23-26,30-32,38,43,48-50,55-56H,1,5,10-13,18,22,27-29,33-34H2,2-3H3/t38-,43+,48-,49+,50+,52+/m0/s1. The summed E-state index contributed by atoms with van der Waals surface area (Å²) >= 11 is 0.